The lowest BCUT2D eigenvalue weighted by molar-refractivity contribution is -0.144. The van der Waals surface area contributed by atoms with Gasteiger partial charge in [0.2, 0.25) is 0 Å². The van der Waals surface area contributed by atoms with E-state index in [-0.39, 0.29) is 31.1 Å². The van der Waals surface area contributed by atoms with Crippen molar-refractivity contribution in [3.05, 3.63) is 49.5 Å². The molecule has 150 valence electrons. The Morgan fingerprint density at radius 1 is 1.29 bits per heavy atom. The average molecular weight is 438 g/mol. The third-order valence-corrected chi connectivity index (χ3v) is 5.06. The predicted octanol–water partition coefficient (Wildman–Crippen LogP) is 3.75. The van der Waals surface area contributed by atoms with E-state index in [1.54, 1.807) is 0 Å². The summed E-state index contributed by atoms with van der Waals surface area (Å²) in [5.41, 5.74) is -4.58. The number of benzene rings is 1. The molecule has 12 heteroatoms. The van der Waals surface area contributed by atoms with E-state index < -0.39 is 34.6 Å². The van der Waals surface area contributed by atoms with Crippen LogP contribution in [0.25, 0.3) is 15.9 Å². The molecule has 0 aliphatic carbocycles. The van der Waals surface area contributed by atoms with Crippen molar-refractivity contribution in [2.24, 2.45) is 7.05 Å². The van der Waals surface area contributed by atoms with E-state index >= 15 is 0 Å². The number of fused-ring (bicyclic) bond motifs is 1. The summed E-state index contributed by atoms with van der Waals surface area (Å²) in [6.07, 6.45) is -4.25. The molecule has 3 rings (SSSR count). The largest absolute Gasteiger partial charge is 0.470 e. The van der Waals surface area contributed by atoms with Crippen molar-refractivity contribution in [2.75, 3.05) is 6.61 Å². The molecule has 2 aromatic heterocycles. The van der Waals surface area contributed by atoms with Gasteiger partial charge in [-0.2, -0.15) is 13.2 Å². The van der Waals surface area contributed by atoms with Crippen molar-refractivity contribution < 1.29 is 22.3 Å². The Morgan fingerprint density at radius 3 is 2.57 bits per heavy atom. The normalized spacial score (nSPS) is 12.0. The monoisotopic (exact) mass is 437 g/mol. The van der Waals surface area contributed by atoms with Crippen LogP contribution in [0.3, 0.4) is 0 Å². The zero-order chi connectivity index (χ0) is 20.8. The molecule has 0 atom stereocenters. The van der Waals surface area contributed by atoms with Crippen molar-refractivity contribution in [2.45, 2.75) is 19.5 Å². The smallest absolute Gasteiger partial charge is 0.431 e. The first-order valence-electron chi connectivity index (χ1n) is 7.88. The number of nitrogens with zero attached hydrogens (tertiary/aromatic N) is 3. The first kappa shape index (κ1) is 20.3. The molecule has 2 heterocycles. The van der Waals surface area contributed by atoms with Crippen LogP contribution in [0, 0.1) is 5.82 Å². The summed E-state index contributed by atoms with van der Waals surface area (Å²) >= 11 is 6.83. The molecule has 0 fully saturated rings. The number of halogens is 5. The molecule has 28 heavy (non-hydrogen) atoms. The molecule has 0 aliphatic heterocycles. The lowest BCUT2D eigenvalue weighted by Crippen LogP contribution is -2.41. The summed E-state index contributed by atoms with van der Waals surface area (Å²) in [4.78, 5) is 28.9. The minimum Gasteiger partial charge on any atom is -0.470 e. The van der Waals surface area contributed by atoms with Crippen LogP contribution in [0.15, 0.2) is 21.7 Å². The molecular weight excluding hydrogens is 426 g/mol. The van der Waals surface area contributed by atoms with E-state index in [1.165, 1.54) is 0 Å². The highest BCUT2D eigenvalue weighted by atomic mass is 35.5. The van der Waals surface area contributed by atoms with Crippen LogP contribution in [0.1, 0.15) is 19.0 Å². The number of hydrogen-bond donors (Lipinski definition) is 0. The molecule has 0 radical (unpaired) electrons. The second kappa shape index (κ2) is 7.21. The van der Waals surface area contributed by atoms with Gasteiger partial charge >= 0.3 is 11.9 Å². The molecule has 0 spiro atoms. The lowest BCUT2D eigenvalue weighted by atomic mass is 10.2. The molecule has 0 amide bonds. The van der Waals surface area contributed by atoms with Crippen LogP contribution in [0.5, 0.6) is 5.19 Å². The number of aromatic nitrogens is 3. The van der Waals surface area contributed by atoms with Gasteiger partial charge in [-0.15, -0.1) is 0 Å². The Balaban J connectivity index is 2.36. The summed E-state index contributed by atoms with van der Waals surface area (Å²) in [7, 11) is 0.842. The fraction of sp³-hybridized carbons (Fsp3) is 0.312. The van der Waals surface area contributed by atoms with Crippen LogP contribution in [0.4, 0.5) is 17.6 Å². The zero-order valence-electron chi connectivity index (χ0n) is 14.4. The highest BCUT2D eigenvalue weighted by Gasteiger charge is 2.35. The Labute approximate surface area is 163 Å². The Hall–Kier alpha value is -2.40. The maximum absolute atomic E-state index is 14.7. The molecule has 3 aromatic rings. The van der Waals surface area contributed by atoms with Gasteiger partial charge in [-0.3, -0.25) is 9.36 Å². The number of ether oxygens (including phenoxy) is 1. The third kappa shape index (κ3) is 3.39. The van der Waals surface area contributed by atoms with Crippen molar-refractivity contribution >= 4 is 33.2 Å². The van der Waals surface area contributed by atoms with Crippen molar-refractivity contribution in [3.8, 4) is 10.9 Å². The van der Waals surface area contributed by atoms with Crippen molar-refractivity contribution in [3.63, 3.8) is 0 Å². The first-order chi connectivity index (χ1) is 13.1. The van der Waals surface area contributed by atoms with E-state index in [0.29, 0.717) is 17.6 Å². The van der Waals surface area contributed by atoms with Gasteiger partial charge in [-0.1, -0.05) is 29.9 Å². The van der Waals surface area contributed by atoms with E-state index in [0.717, 1.165) is 24.5 Å². The minimum atomic E-state index is -4.92. The summed E-state index contributed by atoms with van der Waals surface area (Å²) < 4.78 is 59.7. The molecule has 0 bridgehead atoms. The lowest BCUT2D eigenvalue weighted by Gasteiger charge is -2.14. The predicted molar refractivity (Wildman–Crippen MR) is 96.2 cm³/mol. The highest BCUT2D eigenvalue weighted by molar-refractivity contribution is 7.20. The van der Waals surface area contributed by atoms with E-state index in [4.69, 9.17) is 16.3 Å². The number of rotatable bonds is 4. The fourth-order valence-corrected chi connectivity index (χ4v) is 3.82. The van der Waals surface area contributed by atoms with Gasteiger partial charge in [0.15, 0.2) is 5.82 Å². The fourth-order valence-electron chi connectivity index (χ4n) is 2.54. The van der Waals surface area contributed by atoms with Crippen LogP contribution in [-0.4, -0.2) is 20.7 Å². The number of thiazole rings is 1. The SMILES string of the molecule is CCCOc1nc2c(Cl)cc(F)c(-n3c(=O)cc(C(F)(F)F)n(C)c3=O)c2s1. The highest BCUT2D eigenvalue weighted by Crippen LogP contribution is 2.37. The van der Waals surface area contributed by atoms with E-state index in [1.807, 2.05) is 6.92 Å². The molecule has 0 saturated heterocycles. The maximum atomic E-state index is 14.7. The second-order valence-electron chi connectivity index (χ2n) is 5.74. The van der Waals surface area contributed by atoms with Crippen LogP contribution < -0.4 is 16.0 Å². The van der Waals surface area contributed by atoms with Gasteiger partial charge in [-0.05, 0) is 12.5 Å². The Morgan fingerprint density at radius 2 is 1.96 bits per heavy atom. The summed E-state index contributed by atoms with van der Waals surface area (Å²) in [5.74, 6) is -1.05. The van der Waals surface area contributed by atoms with Crippen LogP contribution in [-0.2, 0) is 13.2 Å². The molecule has 0 N–H and O–H groups in total. The molecular formula is C16H12ClF4N3O3S. The van der Waals surface area contributed by atoms with E-state index in [9.17, 15) is 27.2 Å². The van der Waals surface area contributed by atoms with Crippen molar-refractivity contribution in [1.29, 1.82) is 0 Å². The van der Waals surface area contributed by atoms with E-state index in [2.05, 4.69) is 4.98 Å². The standard InChI is InChI=1S/C16H12ClF4N3O3S/c1-3-4-27-14-22-11-7(17)5-8(18)12(13(11)28-14)24-10(25)6-9(16(19,20)21)23(2)15(24)26/h5-6H,3-4H2,1-2H3. The molecule has 0 aliphatic rings. The van der Waals surface area contributed by atoms with Gasteiger partial charge in [-0.25, -0.2) is 18.7 Å². The van der Waals surface area contributed by atoms with Gasteiger partial charge in [0.1, 0.15) is 16.9 Å². The van der Waals surface area contributed by atoms with Gasteiger partial charge in [0, 0.05) is 13.1 Å². The Bertz CT molecular complexity index is 1180. The first-order valence-corrected chi connectivity index (χ1v) is 9.07. The summed E-state index contributed by atoms with van der Waals surface area (Å²) in [6.45, 7) is 2.17. The van der Waals surface area contributed by atoms with Gasteiger partial charge in [0.05, 0.1) is 16.3 Å². The van der Waals surface area contributed by atoms with Gasteiger partial charge in [0.25, 0.3) is 10.8 Å². The summed E-state index contributed by atoms with van der Waals surface area (Å²) in [6, 6.07) is 1.07. The third-order valence-electron chi connectivity index (χ3n) is 3.79. The maximum Gasteiger partial charge on any atom is 0.431 e. The molecule has 0 unspecified atom stereocenters. The quantitative estimate of drug-likeness (QED) is 0.583. The second-order valence-corrected chi connectivity index (χ2v) is 7.11. The van der Waals surface area contributed by atoms with Crippen LogP contribution in [0.2, 0.25) is 5.02 Å². The molecule has 1 aromatic carbocycles. The van der Waals surface area contributed by atoms with Gasteiger partial charge < -0.3 is 4.74 Å². The molecule has 6 nitrogen and oxygen atoms in total. The average Bonchev–Trinajstić information content (AvgIpc) is 3.02. The molecule has 0 saturated carbocycles. The zero-order valence-corrected chi connectivity index (χ0v) is 16.0. The number of alkyl halides is 3. The topological polar surface area (TPSA) is 66.1 Å². The Kier molecular flexibility index (Phi) is 5.24. The summed E-state index contributed by atoms with van der Waals surface area (Å²) in [5, 5.41) is 0.0398. The minimum absolute atomic E-state index is 0.00932. The van der Waals surface area contributed by atoms with Crippen LogP contribution >= 0.6 is 22.9 Å². The number of hydrogen-bond acceptors (Lipinski definition) is 5. The van der Waals surface area contributed by atoms with Crippen molar-refractivity contribution in [1.82, 2.24) is 14.1 Å².